The summed E-state index contributed by atoms with van der Waals surface area (Å²) in [5.41, 5.74) is 0. The molecule has 0 saturated heterocycles. The fourth-order valence-corrected chi connectivity index (χ4v) is 3.76. The highest BCUT2D eigenvalue weighted by atomic mass is 32.2. The molecule has 2 atom stereocenters. The highest BCUT2D eigenvalue weighted by Gasteiger charge is 2.32. The van der Waals surface area contributed by atoms with Gasteiger partial charge in [-0.25, -0.2) is 23.1 Å². The van der Waals surface area contributed by atoms with E-state index >= 15 is 0 Å². The number of H-pyrrole nitrogens is 1. The number of imidazole rings is 2. The third-order valence-corrected chi connectivity index (χ3v) is 4.87. The first kappa shape index (κ1) is 12.4. The molecule has 0 radical (unpaired) electrons. The molecule has 0 aromatic carbocycles. The standard InChI is InChI=1S/C11H15N5O2S/c17-19(18,11-6-13-7-14-11)15-9-2-1-3-10(9)16-5-4-12-8-16/h4-10,15H,1-3H2,(H,13,14). The third kappa shape index (κ3) is 2.41. The van der Waals surface area contributed by atoms with Gasteiger partial charge in [-0.05, 0) is 19.3 Å². The Kier molecular flexibility index (Phi) is 3.11. The summed E-state index contributed by atoms with van der Waals surface area (Å²) in [6.07, 6.45) is 10.8. The first-order chi connectivity index (χ1) is 9.17. The average Bonchev–Trinajstić information content (AvgIpc) is 3.11. The van der Waals surface area contributed by atoms with E-state index in [1.165, 1.54) is 12.5 Å². The minimum Gasteiger partial charge on any atom is -0.335 e. The molecule has 1 saturated carbocycles. The first-order valence-corrected chi connectivity index (χ1v) is 7.63. The molecule has 2 N–H and O–H groups in total. The molecule has 2 aromatic rings. The van der Waals surface area contributed by atoms with Crippen molar-refractivity contribution in [2.75, 3.05) is 0 Å². The Balaban J connectivity index is 1.80. The van der Waals surface area contributed by atoms with Crippen LogP contribution in [0, 0.1) is 0 Å². The number of nitrogens with zero attached hydrogens (tertiary/aromatic N) is 3. The van der Waals surface area contributed by atoms with E-state index in [1.807, 2.05) is 10.8 Å². The van der Waals surface area contributed by atoms with Gasteiger partial charge in [0, 0.05) is 18.4 Å². The summed E-state index contributed by atoms with van der Waals surface area (Å²) in [5.74, 6) is 0. The second-order valence-electron chi connectivity index (χ2n) is 4.65. The van der Waals surface area contributed by atoms with Crippen molar-refractivity contribution in [3.8, 4) is 0 Å². The molecule has 1 aliphatic carbocycles. The van der Waals surface area contributed by atoms with Gasteiger partial charge in [-0.15, -0.1) is 0 Å². The average molecular weight is 281 g/mol. The van der Waals surface area contributed by atoms with Crippen molar-refractivity contribution in [2.45, 2.75) is 36.4 Å². The minimum atomic E-state index is -3.53. The topological polar surface area (TPSA) is 92.7 Å². The summed E-state index contributed by atoms with van der Waals surface area (Å²) in [5, 5.41) is 0.101. The van der Waals surface area contributed by atoms with Gasteiger partial charge in [0.1, 0.15) is 0 Å². The van der Waals surface area contributed by atoms with Crippen LogP contribution in [-0.2, 0) is 10.0 Å². The zero-order chi connectivity index (χ0) is 13.3. The summed E-state index contributed by atoms with van der Waals surface area (Å²) < 4.78 is 29.0. The molecule has 19 heavy (non-hydrogen) atoms. The van der Waals surface area contributed by atoms with E-state index in [0.29, 0.717) is 0 Å². The van der Waals surface area contributed by atoms with Crippen LogP contribution < -0.4 is 4.72 Å². The fourth-order valence-electron chi connectivity index (χ4n) is 2.55. The second-order valence-corrected chi connectivity index (χ2v) is 6.33. The van der Waals surface area contributed by atoms with E-state index < -0.39 is 10.0 Å². The summed E-state index contributed by atoms with van der Waals surface area (Å²) in [4.78, 5) is 10.4. The number of aromatic amines is 1. The number of nitrogens with one attached hydrogen (secondary N) is 2. The summed E-state index contributed by atoms with van der Waals surface area (Å²) >= 11 is 0. The van der Waals surface area contributed by atoms with Crippen LogP contribution in [0.5, 0.6) is 0 Å². The molecule has 8 heteroatoms. The van der Waals surface area contributed by atoms with Crippen LogP contribution in [0.2, 0.25) is 0 Å². The van der Waals surface area contributed by atoms with Crippen LogP contribution in [0.1, 0.15) is 25.3 Å². The molecule has 1 fully saturated rings. The Morgan fingerprint density at radius 2 is 2.26 bits per heavy atom. The van der Waals surface area contributed by atoms with Gasteiger partial charge in [0.15, 0.2) is 5.03 Å². The molecule has 102 valence electrons. The minimum absolute atomic E-state index is 0.101. The van der Waals surface area contributed by atoms with Crippen molar-refractivity contribution < 1.29 is 8.42 Å². The molecular weight excluding hydrogens is 266 g/mol. The van der Waals surface area contributed by atoms with Gasteiger partial charge in [-0.3, -0.25) is 0 Å². The van der Waals surface area contributed by atoms with Crippen LogP contribution in [0.4, 0.5) is 0 Å². The Bertz CT molecular complexity index is 620. The maximum atomic E-state index is 12.2. The van der Waals surface area contributed by atoms with Crippen LogP contribution in [0.3, 0.4) is 0 Å². The zero-order valence-electron chi connectivity index (χ0n) is 10.2. The maximum absolute atomic E-state index is 12.2. The molecule has 0 aliphatic heterocycles. The molecule has 0 spiro atoms. The lowest BCUT2D eigenvalue weighted by Gasteiger charge is -2.21. The van der Waals surface area contributed by atoms with Gasteiger partial charge in [0.25, 0.3) is 10.0 Å². The van der Waals surface area contributed by atoms with E-state index in [-0.39, 0.29) is 17.1 Å². The predicted octanol–water partition coefficient (Wildman–Crippen LogP) is 0.678. The Labute approximate surface area is 111 Å². The molecular formula is C11H15N5O2S. The van der Waals surface area contributed by atoms with Crippen molar-refractivity contribution in [1.29, 1.82) is 0 Å². The molecule has 0 amide bonds. The quantitative estimate of drug-likeness (QED) is 0.862. The van der Waals surface area contributed by atoms with Gasteiger partial charge in [0.05, 0.1) is 24.9 Å². The van der Waals surface area contributed by atoms with Crippen LogP contribution in [-0.4, -0.2) is 34.0 Å². The van der Waals surface area contributed by atoms with E-state index in [9.17, 15) is 8.42 Å². The smallest absolute Gasteiger partial charge is 0.257 e. The van der Waals surface area contributed by atoms with Crippen LogP contribution in [0.25, 0.3) is 0 Å². The van der Waals surface area contributed by atoms with E-state index in [4.69, 9.17) is 0 Å². The zero-order valence-corrected chi connectivity index (χ0v) is 11.0. The Morgan fingerprint density at radius 3 is 2.95 bits per heavy atom. The Hall–Kier alpha value is -1.67. The van der Waals surface area contributed by atoms with Crippen molar-refractivity contribution in [3.05, 3.63) is 31.2 Å². The number of hydrogen-bond donors (Lipinski definition) is 2. The Morgan fingerprint density at radius 1 is 1.37 bits per heavy atom. The molecule has 2 unspecified atom stereocenters. The van der Waals surface area contributed by atoms with Gasteiger partial charge in [-0.1, -0.05) is 0 Å². The van der Waals surface area contributed by atoms with E-state index in [1.54, 1.807) is 12.5 Å². The van der Waals surface area contributed by atoms with Gasteiger partial charge < -0.3 is 9.55 Å². The maximum Gasteiger partial charge on any atom is 0.257 e. The highest BCUT2D eigenvalue weighted by Crippen LogP contribution is 2.30. The predicted molar refractivity (Wildman–Crippen MR) is 67.8 cm³/mol. The lowest BCUT2D eigenvalue weighted by atomic mass is 10.2. The normalized spacial score (nSPS) is 23.8. The number of aromatic nitrogens is 4. The molecule has 0 bridgehead atoms. The summed E-state index contributed by atoms with van der Waals surface area (Å²) in [6.45, 7) is 0. The molecule has 7 nitrogen and oxygen atoms in total. The van der Waals surface area contributed by atoms with E-state index in [2.05, 4.69) is 19.7 Å². The van der Waals surface area contributed by atoms with Crippen molar-refractivity contribution in [2.24, 2.45) is 0 Å². The first-order valence-electron chi connectivity index (χ1n) is 6.15. The molecule has 2 heterocycles. The van der Waals surface area contributed by atoms with Gasteiger partial charge in [-0.2, -0.15) is 0 Å². The highest BCUT2D eigenvalue weighted by molar-refractivity contribution is 7.89. The SMILES string of the molecule is O=S(=O)(NC1CCCC1n1ccnc1)c1cnc[nH]1. The number of sulfonamides is 1. The number of hydrogen-bond acceptors (Lipinski definition) is 4. The van der Waals surface area contributed by atoms with Crippen LogP contribution in [0.15, 0.2) is 36.3 Å². The van der Waals surface area contributed by atoms with Crippen LogP contribution >= 0.6 is 0 Å². The largest absolute Gasteiger partial charge is 0.335 e. The molecule has 1 aliphatic rings. The number of rotatable bonds is 4. The van der Waals surface area contributed by atoms with Crippen molar-refractivity contribution >= 4 is 10.0 Å². The summed E-state index contributed by atoms with van der Waals surface area (Å²) in [6, 6.07) is 0.0164. The van der Waals surface area contributed by atoms with E-state index in [0.717, 1.165) is 19.3 Å². The monoisotopic (exact) mass is 281 g/mol. The molecule has 3 rings (SSSR count). The fraction of sp³-hybridized carbons (Fsp3) is 0.455. The van der Waals surface area contributed by atoms with Gasteiger partial charge >= 0.3 is 0 Å². The third-order valence-electron chi connectivity index (χ3n) is 3.46. The van der Waals surface area contributed by atoms with Crippen molar-refractivity contribution in [1.82, 2.24) is 24.2 Å². The summed E-state index contributed by atoms with van der Waals surface area (Å²) in [7, 11) is -3.53. The lowest BCUT2D eigenvalue weighted by molar-refractivity contribution is 0.430. The lowest BCUT2D eigenvalue weighted by Crippen LogP contribution is -2.38. The van der Waals surface area contributed by atoms with Crippen molar-refractivity contribution in [3.63, 3.8) is 0 Å². The second kappa shape index (κ2) is 4.78. The molecule has 2 aromatic heterocycles. The van der Waals surface area contributed by atoms with Gasteiger partial charge in [0.2, 0.25) is 0 Å².